The van der Waals surface area contributed by atoms with Gasteiger partial charge in [-0.2, -0.15) is 13.2 Å². The Labute approximate surface area is 239 Å². The lowest BCUT2D eigenvalue weighted by atomic mass is 10.1. The van der Waals surface area contributed by atoms with Gasteiger partial charge in [0.2, 0.25) is 5.91 Å². The Morgan fingerprint density at radius 3 is 2.26 bits per heavy atom. The van der Waals surface area contributed by atoms with Crippen LogP contribution in [0.4, 0.5) is 23.2 Å². The number of phenolic OH excluding ortho intramolecular Hbond substituents is 1. The topological polar surface area (TPSA) is 108 Å². The second-order valence-corrected chi connectivity index (χ2v) is 9.37. The zero-order valence-electron chi connectivity index (χ0n) is 22.6. The van der Waals surface area contributed by atoms with Crippen LogP contribution in [0.25, 0.3) is 6.08 Å². The maximum atomic E-state index is 13.2. The fourth-order valence-corrected chi connectivity index (χ4v) is 3.82. The van der Waals surface area contributed by atoms with Crippen molar-refractivity contribution in [2.24, 2.45) is 0 Å². The van der Waals surface area contributed by atoms with Gasteiger partial charge in [0.25, 0.3) is 0 Å². The van der Waals surface area contributed by atoms with Crippen molar-refractivity contribution in [2.45, 2.75) is 31.7 Å². The van der Waals surface area contributed by atoms with E-state index in [1.54, 1.807) is 6.07 Å². The Hall–Kier alpha value is -4.58. The number of alkyl halides is 3. The van der Waals surface area contributed by atoms with Crippen LogP contribution < -0.4 is 14.8 Å². The van der Waals surface area contributed by atoms with Crippen LogP contribution in [0, 0.1) is 5.82 Å². The molecule has 0 spiro atoms. The number of nitrogens with one attached hydrogen (secondary N) is 1. The van der Waals surface area contributed by atoms with Gasteiger partial charge in [0.05, 0.1) is 0 Å². The van der Waals surface area contributed by atoms with Gasteiger partial charge in [0, 0.05) is 30.4 Å². The first-order valence-corrected chi connectivity index (χ1v) is 12.8. The first-order chi connectivity index (χ1) is 19.9. The van der Waals surface area contributed by atoms with Crippen LogP contribution in [0.1, 0.15) is 24.0 Å². The molecule has 0 unspecified atom stereocenters. The SMILES string of the molecule is CN1CCC(Oc2ccc(OCc3ccccc3NC(=O)C=Cc3ccc(F)c(O)c3)cc2)CC1.O=C(O)C(F)(F)F. The third-order valence-electron chi connectivity index (χ3n) is 6.10. The monoisotopic (exact) mass is 590 g/mol. The number of aromatic hydroxyl groups is 1. The smallest absolute Gasteiger partial charge is 0.490 e. The summed E-state index contributed by atoms with van der Waals surface area (Å²) in [6.07, 6.45) is 0.0460. The molecule has 1 aliphatic heterocycles. The Morgan fingerprint density at radius 2 is 1.64 bits per heavy atom. The molecule has 0 aliphatic carbocycles. The molecule has 4 rings (SSSR count). The number of rotatable bonds is 8. The quantitative estimate of drug-likeness (QED) is 0.223. The number of ether oxygens (including phenoxy) is 2. The number of hydrogen-bond acceptors (Lipinski definition) is 6. The van der Waals surface area contributed by atoms with Crippen LogP contribution in [0.2, 0.25) is 0 Å². The molecule has 1 aliphatic rings. The van der Waals surface area contributed by atoms with Gasteiger partial charge < -0.3 is 29.9 Å². The first kappa shape index (κ1) is 31.9. The predicted octanol–water partition coefficient (Wildman–Crippen LogP) is 5.87. The number of benzene rings is 3. The number of halogens is 4. The summed E-state index contributed by atoms with van der Waals surface area (Å²) in [7, 11) is 2.13. The summed E-state index contributed by atoms with van der Waals surface area (Å²) in [5, 5.41) is 19.4. The molecule has 3 N–H and O–H groups in total. The molecule has 3 aromatic rings. The summed E-state index contributed by atoms with van der Waals surface area (Å²) in [5.74, 6) is -2.74. The molecule has 224 valence electrons. The number of phenols is 1. The second-order valence-electron chi connectivity index (χ2n) is 9.37. The summed E-state index contributed by atoms with van der Waals surface area (Å²) in [4.78, 5) is 23.6. The van der Waals surface area contributed by atoms with Crippen LogP contribution in [0.15, 0.2) is 72.8 Å². The number of hydrogen-bond donors (Lipinski definition) is 3. The van der Waals surface area contributed by atoms with E-state index in [4.69, 9.17) is 19.4 Å². The Bertz CT molecular complexity index is 1370. The van der Waals surface area contributed by atoms with Gasteiger partial charge in [-0.15, -0.1) is 0 Å². The first-order valence-electron chi connectivity index (χ1n) is 12.8. The van der Waals surface area contributed by atoms with Gasteiger partial charge >= 0.3 is 12.1 Å². The van der Waals surface area contributed by atoms with Gasteiger partial charge in [-0.3, -0.25) is 4.79 Å². The Balaban J connectivity index is 0.000000616. The molecule has 0 atom stereocenters. The summed E-state index contributed by atoms with van der Waals surface area (Å²) in [5.41, 5.74) is 1.96. The molecular formula is C30H30F4N2O6. The number of carbonyl (C=O) groups excluding carboxylic acids is 1. The molecule has 3 aromatic carbocycles. The lowest BCUT2D eigenvalue weighted by Gasteiger charge is -2.29. The zero-order chi connectivity index (χ0) is 30.7. The maximum absolute atomic E-state index is 13.2. The standard InChI is InChI=1S/C28H29FN2O4.C2HF3O2/c1-31-16-14-24(15-17-31)35-23-10-8-22(9-11-23)34-19-21-4-2-3-5-26(21)30-28(33)13-7-20-6-12-25(29)27(32)18-20;3-2(4,5)1(6)7/h2-13,18,24,32H,14-17,19H2,1H3,(H,30,33);(H,6,7). The van der Waals surface area contributed by atoms with E-state index in [2.05, 4.69) is 17.3 Å². The predicted molar refractivity (Wildman–Crippen MR) is 148 cm³/mol. The highest BCUT2D eigenvalue weighted by Gasteiger charge is 2.38. The van der Waals surface area contributed by atoms with Crippen molar-refractivity contribution < 1.29 is 46.8 Å². The van der Waals surface area contributed by atoms with E-state index in [9.17, 15) is 27.5 Å². The minimum Gasteiger partial charge on any atom is -0.505 e. The molecule has 12 heteroatoms. The van der Waals surface area contributed by atoms with E-state index in [-0.39, 0.29) is 18.6 Å². The van der Waals surface area contributed by atoms with Crippen molar-refractivity contribution in [2.75, 3.05) is 25.5 Å². The third kappa shape index (κ3) is 10.4. The van der Waals surface area contributed by atoms with Crippen LogP contribution in [0.3, 0.4) is 0 Å². The molecule has 1 heterocycles. The molecule has 0 radical (unpaired) electrons. The molecule has 0 bridgehead atoms. The molecule has 8 nitrogen and oxygen atoms in total. The minimum absolute atomic E-state index is 0.247. The van der Waals surface area contributed by atoms with Crippen LogP contribution in [0.5, 0.6) is 17.2 Å². The van der Waals surface area contributed by atoms with Crippen molar-refractivity contribution in [3.63, 3.8) is 0 Å². The molecule has 42 heavy (non-hydrogen) atoms. The summed E-state index contributed by atoms with van der Waals surface area (Å²) >= 11 is 0. The van der Waals surface area contributed by atoms with Crippen molar-refractivity contribution in [3.8, 4) is 17.2 Å². The number of nitrogens with zero attached hydrogens (tertiary/aromatic N) is 1. The highest BCUT2D eigenvalue weighted by molar-refractivity contribution is 6.02. The van der Waals surface area contributed by atoms with Crippen LogP contribution >= 0.6 is 0 Å². The number of carboxylic acid groups (broad SMARTS) is 1. The summed E-state index contributed by atoms with van der Waals surface area (Å²) in [6.45, 7) is 2.38. The largest absolute Gasteiger partial charge is 0.505 e. The Kier molecular flexibility index (Phi) is 11.3. The number of likely N-dealkylation sites (tertiary alicyclic amines) is 1. The zero-order valence-corrected chi connectivity index (χ0v) is 22.6. The van der Waals surface area contributed by atoms with Gasteiger partial charge in [-0.05, 0) is 74.0 Å². The van der Waals surface area contributed by atoms with E-state index < -0.39 is 23.7 Å². The van der Waals surface area contributed by atoms with Crippen molar-refractivity contribution in [3.05, 3.63) is 89.8 Å². The number of anilines is 1. The van der Waals surface area contributed by atoms with E-state index in [0.717, 1.165) is 43.3 Å². The number of para-hydroxylation sites is 1. The van der Waals surface area contributed by atoms with E-state index in [1.165, 1.54) is 24.3 Å². The normalized spacial score (nSPS) is 14.1. The van der Waals surface area contributed by atoms with Gasteiger partial charge in [-0.25, -0.2) is 9.18 Å². The Morgan fingerprint density at radius 1 is 1.02 bits per heavy atom. The molecule has 0 saturated carbocycles. The molecule has 1 amide bonds. The number of amides is 1. The lowest BCUT2D eigenvalue weighted by Crippen LogP contribution is -2.35. The van der Waals surface area contributed by atoms with Gasteiger partial charge in [-0.1, -0.05) is 24.3 Å². The number of carbonyl (C=O) groups is 2. The van der Waals surface area contributed by atoms with Crippen molar-refractivity contribution in [1.29, 1.82) is 0 Å². The molecular weight excluding hydrogens is 560 g/mol. The second kappa shape index (κ2) is 14.9. The van der Waals surface area contributed by atoms with Gasteiger partial charge in [0.1, 0.15) is 24.2 Å². The van der Waals surface area contributed by atoms with Crippen molar-refractivity contribution in [1.82, 2.24) is 4.90 Å². The van der Waals surface area contributed by atoms with Crippen LogP contribution in [-0.4, -0.2) is 59.4 Å². The average Bonchev–Trinajstić information content (AvgIpc) is 2.95. The fourth-order valence-electron chi connectivity index (χ4n) is 3.82. The fraction of sp³-hybridized carbons (Fsp3) is 0.267. The molecule has 1 fully saturated rings. The number of piperidine rings is 1. The van der Waals surface area contributed by atoms with E-state index >= 15 is 0 Å². The summed E-state index contributed by atoms with van der Waals surface area (Å²) in [6, 6.07) is 18.9. The van der Waals surface area contributed by atoms with Crippen molar-refractivity contribution >= 4 is 23.6 Å². The van der Waals surface area contributed by atoms with E-state index in [1.807, 2.05) is 42.5 Å². The van der Waals surface area contributed by atoms with E-state index in [0.29, 0.717) is 17.0 Å². The highest BCUT2D eigenvalue weighted by Crippen LogP contribution is 2.24. The lowest BCUT2D eigenvalue weighted by molar-refractivity contribution is -0.192. The highest BCUT2D eigenvalue weighted by atomic mass is 19.4. The average molecular weight is 591 g/mol. The molecule has 1 saturated heterocycles. The third-order valence-corrected chi connectivity index (χ3v) is 6.10. The molecule has 0 aromatic heterocycles. The number of aliphatic carboxylic acids is 1. The number of carboxylic acids is 1. The maximum Gasteiger partial charge on any atom is 0.490 e. The summed E-state index contributed by atoms with van der Waals surface area (Å²) < 4.78 is 56.9. The van der Waals surface area contributed by atoms with Gasteiger partial charge in [0.15, 0.2) is 11.6 Å². The van der Waals surface area contributed by atoms with Crippen LogP contribution in [-0.2, 0) is 16.2 Å². The minimum atomic E-state index is -5.08.